The van der Waals surface area contributed by atoms with Gasteiger partial charge in [-0.1, -0.05) is 380 Å². The van der Waals surface area contributed by atoms with Gasteiger partial charge in [-0.15, -0.1) is 0 Å². The monoisotopic (exact) mass is 1090 g/mol. The SMILES string of the molecule is CCCCCCCCCCCCCCCCCCCCCCCCCCCCCCCCC(=O)OCC(COC(=O)CCCCCCCCCCCCCC)OC(=O)CCCCCCCCCCCCCCCCCCC. The van der Waals surface area contributed by atoms with Gasteiger partial charge in [0.05, 0.1) is 0 Å². The number of carbonyl (C=O) groups is 3. The Morgan fingerprint density at radius 2 is 0.351 bits per heavy atom. The number of hydrogen-bond acceptors (Lipinski definition) is 6. The molecule has 0 radical (unpaired) electrons. The van der Waals surface area contributed by atoms with Crippen LogP contribution in [-0.2, 0) is 28.6 Å². The number of hydrogen-bond donors (Lipinski definition) is 0. The second-order valence-electron chi connectivity index (χ2n) is 24.5. The topological polar surface area (TPSA) is 78.9 Å². The summed E-state index contributed by atoms with van der Waals surface area (Å²) in [6.07, 6.45) is 78.6. The lowest BCUT2D eigenvalue weighted by Gasteiger charge is -2.18. The Kier molecular flexibility index (Phi) is 65.5. The first-order valence-electron chi connectivity index (χ1n) is 35.5. The molecule has 0 rings (SSSR count). The normalized spacial score (nSPS) is 11.9. The summed E-state index contributed by atoms with van der Waals surface area (Å²) < 4.78 is 17.0. The third kappa shape index (κ3) is 65.1. The molecular weight excluding hydrogens is 949 g/mol. The van der Waals surface area contributed by atoms with Gasteiger partial charge in [-0.25, -0.2) is 0 Å². The van der Waals surface area contributed by atoms with Crippen LogP contribution >= 0.6 is 0 Å². The van der Waals surface area contributed by atoms with Crippen molar-refractivity contribution in [3.63, 3.8) is 0 Å². The van der Waals surface area contributed by atoms with Crippen LogP contribution in [0.5, 0.6) is 0 Å². The standard InChI is InChI=1S/C71H138O6/c1-4-7-10-13-16-19-22-25-27-29-30-31-32-33-34-35-36-37-38-39-40-41-43-44-46-49-52-55-58-61-64-70(73)76-67-68(66-75-69(72)63-60-57-54-51-48-24-21-18-15-12-9-6-3)77-71(74)65-62-59-56-53-50-47-45-42-28-26-23-20-17-14-11-8-5-2/h68H,4-67H2,1-3H3. The van der Waals surface area contributed by atoms with Crippen LogP contribution in [0.4, 0.5) is 0 Å². The van der Waals surface area contributed by atoms with Gasteiger partial charge in [0.2, 0.25) is 0 Å². The van der Waals surface area contributed by atoms with Crippen LogP contribution in [0.2, 0.25) is 0 Å². The summed E-state index contributed by atoms with van der Waals surface area (Å²) in [6.45, 7) is 6.73. The summed E-state index contributed by atoms with van der Waals surface area (Å²) >= 11 is 0. The first-order valence-corrected chi connectivity index (χ1v) is 35.5. The molecule has 6 heteroatoms. The van der Waals surface area contributed by atoms with Crippen LogP contribution in [0.3, 0.4) is 0 Å². The number of esters is 3. The second-order valence-corrected chi connectivity index (χ2v) is 24.5. The van der Waals surface area contributed by atoms with E-state index in [2.05, 4.69) is 20.8 Å². The minimum absolute atomic E-state index is 0.0604. The quantitative estimate of drug-likeness (QED) is 0.0343. The van der Waals surface area contributed by atoms with Crippen LogP contribution in [-0.4, -0.2) is 37.2 Å². The third-order valence-corrected chi connectivity index (χ3v) is 16.6. The zero-order valence-corrected chi connectivity index (χ0v) is 52.8. The fraction of sp³-hybridized carbons (Fsp3) is 0.958. The third-order valence-electron chi connectivity index (χ3n) is 16.6. The van der Waals surface area contributed by atoms with Gasteiger partial charge in [0.1, 0.15) is 13.2 Å². The van der Waals surface area contributed by atoms with Crippen molar-refractivity contribution in [1.82, 2.24) is 0 Å². The molecule has 0 bridgehead atoms. The molecule has 0 aromatic carbocycles. The van der Waals surface area contributed by atoms with Gasteiger partial charge in [-0.2, -0.15) is 0 Å². The lowest BCUT2D eigenvalue weighted by Crippen LogP contribution is -2.30. The highest BCUT2D eigenvalue weighted by molar-refractivity contribution is 5.71. The molecule has 0 N–H and O–H groups in total. The molecule has 0 spiro atoms. The van der Waals surface area contributed by atoms with Gasteiger partial charge in [0, 0.05) is 19.3 Å². The first-order chi connectivity index (χ1) is 38.0. The molecule has 6 nitrogen and oxygen atoms in total. The molecule has 0 aliphatic rings. The molecule has 1 atom stereocenters. The Morgan fingerprint density at radius 1 is 0.208 bits per heavy atom. The van der Waals surface area contributed by atoms with Crippen molar-refractivity contribution < 1.29 is 28.6 Å². The van der Waals surface area contributed by atoms with Gasteiger partial charge in [0.25, 0.3) is 0 Å². The van der Waals surface area contributed by atoms with Crippen molar-refractivity contribution in [3.05, 3.63) is 0 Å². The molecule has 458 valence electrons. The fourth-order valence-corrected chi connectivity index (χ4v) is 11.3. The Morgan fingerprint density at radius 3 is 0.519 bits per heavy atom. The van der Waals surface area contributed by atoms with Crippen molar-refractivity contribution in [2.75, 3.05) is 13.2 Å². The fourth-order valence-electron chi connectivity index (χ4n) is 11.3. The van der Waals surface area contributed by atoms with Crippen LogP contribution in [0.25, 0.3) is 0 Å². The van der Waals surface area contributed by atoms with E-state index in [1.54, 1.807) is 0 Å². The molecule has 0 aliphatic heterocycles. The van der Waals surface area contributed by atoms with E-state index in [0.29, 0.717) is 19.3 Å². The van der Waals surface area contributed by atoms with Crippen LogP contribution in [0, 0.1) is 0 Å². The Hall–Kier alpha value is -1.59. The summed E-state index contributed by atoms with van der Waals surface area (Å²) in [5.41, 5.74) is 0. The smallest absolute Gasteiger partial charge is 0.306 e. The van der Waals surface area contributed by atoms with E-state index in [1.165, 1.54) is 321 Å². The molecule has 0 heterocycles. The predicted molar refractivity (Wildman–Crippen MR) is 335 cm³/mol. The molecule has 77 heavy (non-hydrogen) atoms. The van der Waals surface area contributed by atoms with E-state index < -0.39 is 6.10 Å². The molecule has 0 saturated heterocycles. The molecule has 0 aromatic rings. The second kappa shape index (κ2) is 66.9. The van der Waals surface area contributed by atoms with E-state index in [4.69, 9.17) is 14.2 Å². The van der Waals surface area contributed by atoms with E-state index in [0.717, 1.165) is 57.8 Å². The highest BCUT2D eigenvalue weighted by Crippen LogP contribution is 2.19. The maximum atomic E-state index is 12.9. The largest absolute Gasteiger partial charge is 0.462 e. The van der Waals surface area contributed by atoms with E-state index in [1.807, 2.05) is 0 Å². The van der Waals surface area contributed by atoms with Gasteiger partial charge < -0.3 is 14.2 Å². The van der Waals surface area contributed by atoms with Crippen LogP contribution in [0.15, 0.2) is 0 Å². The molecule has 0 fully saturated rings. The van der Waals surface area contributed by atoms with Crippen molar-refractivity contribution in [2.24, 2.45) is 0 Å². The zero-order chi connectivity index (χ0) is 55.7. The predicted octanol–water partition coefficient (Wildman–Crippen LogP) is 24.2. The van der Waals surface area contributed by atoms with Gasteiger partial charge in [0.15, 0.2) is 6.10 Å². The molecule has 0 aliphatic carbocycles. The molecule has 0 aromatic heterocycles. The number of carbonyl (C=O) groups excluding carboxylic acids is 3. The first kappa shape index (κ1) is 75.4. The van der Waals surface area contributed by atoms with E-state index in [9.17, 15) is 14.4 Å². The minimum Gasteiger partial charge on any atom is -0.462 e. The lowest BCUT2D eigenvalue weighted by atomic mass is 10.0. The van der Waals surface area contributed by atoms with Crippen molar-refractivity contribution in [3.8, 4) is 0 Å². The van der Waals surface area contributed by atoms with E-state index in [-0.39, 0.29) is 31.1 Å². The maximum Gasteiger partial charge on any atom is 0.306 e. The summed E-state index contributed by atoms with van der Waals surface area (Å²) in [5, 5.41) is 0. The average Bonchev–Trinajstić information content (AvgIpc) is 3.43. The van der Waals surface area contributed by atoms with Crippen molar-refractivity contribution in [2.45, 2.75) is 425 Å². The summed E-state index contributed by atoms with van der Waals surface area (Å²) in [6, 6.07) is 0. The number of ether oxygens (including phenoxy) is 3. The van der Waals surface area contributed by atoms with Crippen LogP contribution in [0.1, 0.15) is 419 Å². The number of rotatable bonds is 67. The Labute approximate surface area is 482 Å². The maximum absolute atomic E-state index is 12.9. The summed E-state index contributed by atoms with van der Waals surface area (Å²) in [7, 11) is 0. The van der Waals surface area contributed by atoms with Crippen molar-refractivity contribution in [1.29, 1.82) is 0 Å². The molecular formula is C71H138O6. The van der Waals surface area contributed by atoms with Gasteiger partial charge >= 0.3 is 17.9 Å². The van der Waals surface area contributed by atoms with E-state index >= 15 is 0 Å². The molecule has 0 saturated carbocycles. The molecule has 0 amide bonds. The summed E-state index contributed by atoms with van der Waals surface area (Å²) in [4.78, 5) is 38.3. The van der Waals surface area contributed by atoms with Gasteiger partial charge in [-0.3, -0.25) is 14.4 Å². The number of unbranched alkanes of at least 4 members (excludes halogenated alkanes) is 56. The lowest BCUT2D eigenvalue weighted by molar-refractivity contribution is -0.167. The summed E-state index contributed by atoms with van der Waals surface area (Å²) in [5.74, 6) is -0.823. The van der Waals surface area contributed by atoms with Crippen molar-refractivity contribution >= 4 is 17.9 Å². The van der Waals surface area contributed by atoms with Gasteiger partial charge in [-0.05, 0) is 19.3 Å². The molecule has 1 unspecified atom stereocenters. The Bertz CT molecular complexity index is 1160. The van der Waals surface area contributed by atoms with Crippen LogP contribution < -0.4 is 0 Å². The average molecular weight is 1090 g/mol. The highest BCUT2D eigenvalue weighted by atomic mass is 16.6. The zero-order valence-electron chi connectivity index (χ0n) is 52.8. The minimum atomic E-state index is -0.762. The highest BCUT2D eigenvalue weighted by Gasteiger charge is 2.19. The Balaban J connectivity index is 4.08.